The number of aromatic amines is 1. The summed E-state index contributed by atoms with van der Waals surface area (Å²) in [5.74, 6) is 0.246. The zero-order valence-corrected chi connectivity index (χ0v) is 9.01. The van der Waals surface area contributed by atoms with Crippen molar-refractivity contribution in [2.75, 3.05) is 0 Å². The lowest BCUT2D eigenvalue weighted by molar-refractivity contribution is -0.603. The number of rotatable bonds is 2. The van der Waals surface area contributed by atoms with E-state index in [1.54, 1.807) is 17.0 Å². The van der Waals surface area contributed by atoms with Gasteiger partial charge in [0.05, 0.1) is 12.4 Å². The lowest BCUT2D eigenvalue weighted by atomic mass is 10.5. The Balaban J connectivity index is 2.48. The highest BCUT2D eigenvalue weighted by atomic mass is 79.9. The molecule has 2 heterocycles. The van der Waals surface area contributed by atoms with Crippen LogP contribution in [0.3, 0.4) is 0 Å². The van der Waals surface area contributed by atoms with Gasteiger partial charge in [0.2, 0.25) is 0 Å². The minimum atomic E-state index is -0.524. The Hall–Kier alpha value is -1.76. The van der Waals surface area contributed by atoms with Crippen LogP contribution in [0.1, 0.15) is 0 Å². The van der Waals surface area contributed by atoms with Crippen LogP contribution in [-0.2, 0) is 0 Å². The molecule has 0 bridgehead atoms. The molecule has 0 unspecified atom stereocenters. The zero-order chi connectivity index (χ0) is 10.8. The number of nitro groups is 1. The van der Waals surface area contributed by atoms with Crippen molar-refractivity contribution in [2.45, 2.75) is 0 Å². The van der Waals surface area contributed by atoms with E-state index in [-0.39, 0.29) is 10.4 Å². The van der Waals surface area contributed by atoms with Crippen LogP contribution in [0.2, 0.25) is 0 Å². The second-order valence-electron chi connectivity index (χ2n) is 2.74. The predicted octanol–water partition coefficient (Wildman–Crippen LogP) is 1.36. The summed E-state index contributed by atoms with van der Waals surface area (Å²) in [7, 11) is 0. The topological polar surface area (TPSA) is 75.7 Å². The number of hydrogen-bond acceptors (Lipinski definition) is 3. The molecular formula is C8H6BrN4O2+. The van der Waals surface area contributed by atoms with Gasteiger partial charge in [-0.1, -0.05) is 11.1 Å². The van der Waals surface area contributed by atoms with Gasteiger partial charge in [0.25, 0.3) is 4.60 Å². The maximum Gasteiger partial charge on any atom is 0.405 e. The van der Waals surface area contributed by atoms with Gasteiger partial charge in [0.1, 0.15) is 0 Å². The average molecular weight is 270 g/mol. The second-order valence-corrected chi connectivity index (χ2v) is 3.49. The van der Waals surface area contributed by atoms with Crippen molar-refractivity contribution < 1.29 is 9.49 Å². The van der Waals surface area contributed by atoms with E-state index in [2.05, 4.69) is 25.9 Å². The molecule has 6 nitrogen and oxygen atoms in total. The molecular weight excluding hydrogens is 264 g/mol. The van der Waals surface area contributed by atoms with E-state index in [0.29, 0.717) is 5.95 Å². The van der Waals surface area contributed by atoms with E-state index in [1.165, 1.54) is 0 Å². The molecule has 7 heteroatoms. The Morgan fingerprint density at radius 1 is 1.40 bits per heavy atom. The van der Waals surface area contributed by atoms with E-state index in [1.807, 2.05) is 18.2 Å². The molecule has 0 aromatic carbocycles. The fourth-order valence-corrected chi connectivity index (χ4v) is 1.53. The first-order valence-corrected chi connectivity index (χ1v) is 4.84. The highest BCUT2D eigenvalue weighted by molar-refractivity contribution is 9.10. The van der Waals surface area contributed by atoms with Crippen molar-refractivity contribution in [3.63, 3.8) is 0 Å². The molecule has 2 aromatic rings. The predicted molar refractivity (Wildman–Crippen MR) is 54.5 cm³/mol. The van der Waals surface area contributed by atoms with E-state index < -0.39 is 4.92 Å². The summed E-state index contributed by atoms with van der Waals surface area (Å²) < 4.78 is 1.84. The molecule has 0 fully saturated rings. The van der Waals surface area contributed by atoms with Gasteiger partial charge in [-0.05, 0) is 17.1 Å². The van der Waals surface area contributed by atoms with E-state index >= 15 is 0 Å². The lowest BCUT2D eigenvalue weighted by Gasteiger charge is -1.90. The maximum absolute atomic E-state index is 10.6. The molecule has 0 atom stereocenters. The van der Waals surface area contributed by atoms with Crippen molar-refractivity contribution in [2.24, 2.45) is 0 Å². The van der Waals surface area contributed by atoms with Crippen LogP contribution in [0.15, 0.2) is 35.2 Å². The van der Waals surface area contributed by atoms with Crippen molar-refractivity contribution in [3.05, 3.63) is 45.3 Å². The minimum absolute atomic E-state index is 0.152. The van der Waals surface area contributed by atoms with Gasteiger partial charge in [-0.15, -0.1) is 0 Å². The molecule has 0 aliphatic rings. The molecule has 0 saturated heterocycles. The summed E-state index contributed by atoms with van der Waals surface area (Å²) in [4.78, 5) is 16.6. The van der Waals surface area contributed by atoms with Gasteiger partial charge in [-0.3, -0.25) is 0 Å². The zero-order valence-electron chi connectivity index (χ0n) is 7.42. The summed E-state index contributed by atoms with van der Waals surface area (Å²) in [5.41, 5.74) is 0. The smallest absolute Gasteiger partial charge is 0.358 e. The van der Waals surface area contributed by atoms with Gasteiger partial charge >= 0.3 is 11.8 Å². The van der Waals surface area contributed by atoms with Crippen LogP contribution in [0.4, 0.5) is 5.82 Å². The van der Waals surface area contributed by atoms with Crippen LogP contribution in [-0.4, -0.2) is 14.9 Å². The van der Waals surface area contributed by atoms with Crippen LogP contribution >= 0.6 is 15.9 Å². The average Bonchev–Trinajstić information content (AvgIpc) is 2.62. The van der Waals surface area contributed by atoms with Crippen molar-refractivity contribution in [1.82, 2.24) is 9.97 Å². The van der Waals surface area contributed by atoms with Crippen LogP contribution in [0.5, 0.6) is 0 Å². The molecule has 0 radical (unpaired) electrons. The summed E-state index contributed by atoms with van der Waals surface area (Å²) in [6, 6.07) is 5.47. The van der Waals surface area contributed by atoms with Crippen molar-refractivity contribution >= 4 is 21.7 Å². The molecule has 0 spiro atoms. The Morgan fingerprint density at radius 2 is 2.07 bits per heavy atom. The van der Waals surface area contributed by atoms with Crippen molar-refractivity contribution in [3.8, 4) is 5.95 Å². The van der Waals surface area contributed by atoms with E-state index in [4.69, 9.17) is 0 Å². The standard InChI is InChI=1S/C8H6BrN4O2/c9-6-7(13(14)15)11-8(10-6)12-4-2-1-3-5-12/h1-5H,(H,10,11)/q+1. The van der Waals surface area contributed by atoms with E-state index in [9.17, 15) is 10.1 Å². The number of halogens is 1. The molecule has 2 aromatic heterocycles. The van der Waals surface area contributed by atoms with Crippen LogP contribution in [0, 0.1) is 10.1 Å². The first-order chi connectivity index (χ1) is 7.18. The number of nitrogens with zero attached hydrogens (tertiary/aromatic N) is 3. The van der Waals surface area contributed by atoms with Gasteiger partial charge in [-0.2, -0.15) is 0 Å². The second kappa shape index (κ2) is 3.77. The molecule has 76 valence electrons. The third kappa shape index (κ3) is 1.86. The summed E-state index contributed by atoms with van der Waals surface area (Å²) in [6.07, 6.45) is 3.49. The number of hydrogen-bond donors (Lipinski definition) is 1. The van der Waals surface area contributed by atoms with E-state index in [0.717, 1.165) is 0 Å². The third-order valence-electron chi connectivity index (χ3n) is 1.77. The molecule has 2 rings (SSSR count). The molecule has 0 aliphatic heterocycles. The minimum Gasteiger partial charge on any atom is -0.358 e. The Kier molecular flexibility index (Phi) is 2.46. The third-order valence-corrected chi connectivity index (χ3v) is 2.33. The number of aromatic nitrogens is 3. The molecule has 1 N–H and O–H groups in total. The number of pyridine rings is 1. The lowest BCUT2D eigenvalue weighted by Crippen LogP contribution is -2.30. The fourth-order valence-electron chi connectivity index (χ4n) is 1.11. The van der Waals surface area contributed by atoms with Crippen LogP contribution < -0.4 is 4.57 Å². The monoisotopic (exact) mass is 269 g/mol. The highest BCUT2D eigenvalue weighted by Gasteiger charge is 2.21. The SMILES string of the molecule is O=[N+]([O-])c1[nH]c(-[n+]2ccccc2)nc1Br. The Bertz CT molecular complexity index is 497. The van der Waals surface area contributed by atoms with Crippen molar-refractivity contribution in [1.29, 1.82) is 0 Å². The molecule has 0 saturated carbocycles. The summed E-state index contributed by atoms with van der Waals surface area (Å²) >= 11 is 3.02. The quantitative estimate of drug-likeness (QED) is 0.508. The maximum atomic E-state index is 10.6. The number of imidazole rings is 1. The van der Waals surface area contributed by atoms with Gasteiger partial charge in [-0.25, -0.2) is 9.55 Å². The molecule has 0 amide bonds. The Labute approximate surface area is 92.9 Å². The highest BCUT2D eigenvalue weighted by Crippen LogP contribution is 2.20. The molecule has 0 aliphatic carbocycles. The fraction of sp³-hybridized carbons (Fsp3) is 0. The van der Waals surface area contributed by atoms with Gasteiger partial charge < -0.3 is 10.1 Å². The van der Waals surface area contributed by atoms with Gasteiger partial charge in [0.15, 0.2) is 0 Å². The summed E-state index contributed by atoms with van der Waals surface area (Å²) in [6.45, 7) is 0. The van der Waals surface area contributed by atoms with Crippen LogP contribution in [0.25, 0.3) is 5.95 Å². The first kappa shape index (κ1) is 9.78. The normalized spacial score (nSPS) is 10.2. The summed E-state index contributed by atoms with van der Waals surface area (Å²) in [5, 5.41) is 10.6. The first-order valence-electron chi connectivity index (χ1n) is 4.05. The number of H-pyrrole nitrogens is 1. The largest absolute Gasteiger partial charge is 0.405 e. The van der Waals surface area contributed by atoms with Gasteiger partial charge in [0, 0.05) is 15.9 Å². The molecule has 15 heavy (non-hydrogen) atoms. The Morgan fingerprint density at radius 3 is 2.60 bits per heavy atom. The number of nitrogens with one attached hydrogen (secondary N) is 1.